The Kier molecular flexibility index (Phi) is 5.43. The summed E-state index contributed by atoms with van der Waals surface area (Å²) in [5.41, 5.74) is 2.64. The monoisotopic (exact) mass is 413 g/mol. The number of nitrogens with zero attached hydrogens (tertiary/aromatic N) is 1. The predicted octanol–water partition coefficient (Wildman–Crippen LogP) is 3.45. The number of methoxy groups -OCH3 is 1. The Morgan fingerprint density at radius 3 is 2.90 bits per heavy atom. The molecule has 0 aliphatic carbocycles. The van der Waals surface area contributed by atoms with E-state index >= 15 is 0 Å². The molecule has 0 radical (unpaired) electrons. The van der Waals surface area contributed by atoms with Crippen molar-refractivity contribution in [2.45, 2.75) is 25.8 Å². The van der Waals surface area contributed by atoms with E-state index < -0.39 is 17.7 Å². The molecular formula is C22H23NO5S. The summed E-state index contributed by atoms with van der Waals surface area (Å²) in [5, 5.41) is 13.1. The predicted molar refractivity (Wildman–Crippen MR) is 110 cm³/mol. The van der Waals surface area contributed by atoms with Crippen LogP contribution in [0.5, 0.6) is 5.75 Å². The molecule has 0 bridgehead atoms. The Morgan fingerprint density at radius 2 is 2.17 bits per heavy atom. The second-order valence-electron chi connectivity index (χ2n) is 7.23. The van der Waals surface area contributed by atoms with E-state index in [-0.39, 0.29) is 17.9 Å². The SMILES string of the molecule is COCCN1C(=O)C(=O)/C(=C(\O)c2ccc3c(c2)CCCO3)C1c1sccc1C. The minimum absolute atomic E-state index is 0.133. The van der Waals surface area contributed by atoms with E-state index in [0.29, 0.717) is 18.8 Å². The first kappa shape index (κ1) is 19.7. The number of likely N-dealkylation sites (tertiary alicyclic amines) is 1. The number of amides is 1. The highest BCUT2D eigenvalue weighted by molar-refractivity contribution is 7.10. The molecule has 7 heteroatoms. The average Bonchev–Trinajstić information content (AvgIpc) is 3.26. The number of ketones is 1. The zero-order chi connectivity index (χ0) is 20.5. The number of benzene rings is 1. The van der Waals surface area contributed by atoms with Gasteiger partial charge < -0.3 is 19.5 Å². The van der Waals surface area contributed by atoms with Gasteiger partial charge in [-0.15, -0.1) is 11.3 Å². The number of fused-ring (bicyclic) bond motifs is 1. The molecule has 1 aromatic heterocycles. The van der Waals surface area contributed by atoms with Crippen molar-refractivity contribution in [2.24, 2.45) is 0 Å². The summed E-state index contributed by atoms with van der Waals surface area (Å²) in [5.74, 6) is -0.610. The molecule has 4 rings (SSSR count). The third-order valence-corrected chi connectivity index (χ3v) is 6.48. The van der Waals surface area contributed by atoms with Gasteiger partial charge in [0.15, 0.2) is 0 Å². The van der Waals surface area contributed by atoms with Crippen LogP contribution in [0.1, 0.15) is 34.0 Å². The lowest BCUT2D eigenvalue weighted by atomic mass is 9.96. The van der Waals surface area contributed by atoms with Gasteiger partial charge in [-0.1, -0.05) is 0 Å². The summed E-state index contributed by atoms with van der Waals surface area (Å²) in [7, 11) is 1.55. The summed E-state index contributed by atoms with van der Waals surface area (Å²) < 4.78 is 10.8. The third kappa shape index (κ3) is 3.45. The molecule has 0 spiro atoms. The number of carbonyl (C=O) groups excluding carboxylic acids is 2. The molecule has 152 valence electrons. The number of rotatable bonds is 5. The molecule has 2 aromatic rings. The number of hydrogen-bond donors (Lipinski definition) is 1. The van der Waals surface area contributed by atoms with Crippen LogP contribution in [0, 0.1) is 6.92 Å². The number of ether oxygens (including phenoxy) is 2. The lowest BCUT2D eigenvalue weighted by Gasteiger charge is -2.24. The van der Waals surface area contributed by atoms with Crippen molar-refractivity contribution in [1.29, 1.82) is 0 Å². The maximum Gasteiger partial charge on any atom is 0.295 e. The van der Waals surface area contributed by atoms with Crippen LogP contribution in [-0.4, -0.2) is 48.6 Å². The molecule has 1 atom stereocenters. The number of aryl methyl sites for hydroxylation is 2. The van der Waals surface area contributed by atoms with Gasteiger partial charge in [-0.3, -0.25) is 9.59 Å². The Labute approximate surface area is 173 Å². The molecule has 1 unspecified atom stereocenters. The fraction of sp³-hybridized carbons (Fsp3) is 0.364. The van der Waals surface area contributed by atoms with E-state index in [4.69, 9.17) is 9.47 Å². The molecule has 29 heavy (non-hydrogen) atoms. The van der Waals surface area contributed by atoms with Crippen molar-refractivity contribution in [3.8, 4) is 5.75 Å². The van der Waals surface area contributed by atoms with Crippen LogP contribution < -0.4 is 4.74 Å². The molecule has 0 saturated carbocycles. The molecule has 1 amide bonds. The molecule has 1 N–H and O–H groups in total. The molecule has 1 fully saturated rings. The molecule has 6 nitrogen and oxygen atoms in total. The normalized spacial score (nSPS) is 20.6. The lowest BCUT2D eigenvalue weighted by Crippen LogP contribution is -2.32. The highest BCUT2D eigenvalue weighted by Crippen LogP contribution is 2.42. The summed E-state index contributed by atoms with van der Waals surface area (Å²) in [6, 6.07) is 6.74. The van der Waals surface area contributed by atoms with Gasteiger partial charge in [-0.2, -0.15) is 0 Å². The second-order valence-corrected chi connectivity index (χ2v) is 8.18. The van der Waals surface area contributed by atoms with Crippen LogP contribution in [0.2, 0.25) is 0 Å². The van der Waals surface area contributed by atoms with Crippen molar-refractivity contribution in [2.75, 3.05) is 26.9 Å². The molecule has 2 aliphatic heterocycles. The van der Waals surface area contributed by atoms with Gasteiger partial charge in [-0.25, -0.2) is 0 Å². The topological polar surface area (TPSA) is 76.1 Å². The zero-order valence-electron chi connectivity index (χ0n) is 16.4. The third-order valence-electron chi connectivity index (χ3n) is 5.41. The number of carbonyl (C=O) groups is 2. The first-order valence-electron chi connectivity index (χ1n) is 9.60. The second kappa shape index (κ2) is 8.00. The van der Waals surface area contributed by atoms with E-state index in [9.17, 15) is 14.7 Å². The summed E-state index contributed by atoms with van der Waals surface area (Å²) in [6.07, 6.45) is 1.76. The van der Waals surface area contributed by atoms with E-state index in [0.717, 1.165) is 34.6 Å². The highest BCUT2D eigenvalue weighted by Gasteiger charge is 2.46. The Hall–Kier alpha value is -2.64. The van der Waals surface area contributed by atoms with Gasteiger partial charge in [0.05, 0.1) is 24.8 Å². The van der Waals surface area contributed by atoms with Crippen LogP contribution in [0.4, 0.5) is 0 Å². The maximum absolute atomic E-state index is 12.9. The Bertz CT molecular complexity index is 993. The van der Waals surface area contributed by atoms with Crippen LogP contribution in [0.3, 0.4) is 0 Å². The molecule has 1 aromatic carbocycles. The van der Waals surface area contributed by atoms with Crippen molar-refractivity contribution in [3.05, 3.63) is 56.8 Å². The van der Waals surface area contributed by atoms with E-state index in [1.807, 2.05) is 30.5 Å². The smallest absolute Gasteiger partial charge is 0.295 e. The maximum atomic E-state index is 12.9. The zero-order valence-corrected chi connectivity index (χ0v) is 17.3. The van der Waals surface area contributed by atoms with Gasteiger partial charge in [-0.05, 0) is 60.5 Å². The first-order valence-corrected chi connectivity index (χ1v) is 10.5. The van der Waals surface area contributed by atoms with Gasteiger partial charge in [0.1, 0.15) is 11.5 Å². The van der Waals surface area contributed by atoms with Gasteiger partial charge >= 0.3 is 0 Å². The highest BCUT2D eigenvalue weighted by atomic mass is 32.1. The molecule has 1 saturated heterocycles. The van der Waals surface area contributed by atoms with E-state index in [1.54, 1.807) is 13.2 Å². The Balaban J connectivity index is 1.83. The van der Waals surface area contributed by atoms with Crippen LogP contribution in [0.25, 0.3) is 5.76 Å². The largest absolute Gasteiger partial charge is 0.507 e. The van der Waals surface area contributed by atoms with Gasteiger partial charge in [0.25, 0.3) is 11.7 Å². The van der Waals surface area contributed by atoms with Gasteiger partial charge in [0, 0.05) is 24.1 Å². The summed E-state index contributed by atoms with van der Waals surface area (Å²) >= 11 is 1.48. The van der Waals surface area contributed by atoms with Crippen molar-refractivity contribution < 1.29 is 24.2 Å². The Morgan fingerprint density at radius 1 is 1.34 bits per heavy atom. The van der Waals surface area contributed by atoms with Crippen molar-refractivity contribution in [1.82, 2.24) is 4.90 Å². The van der Waals surface area contributed by atoms with Crippen LogP contribution in [0.15, 0.2) is 35.2 Å². The number of hydrogen-bond acceptors (Lipinski definition) is 6. The minimum Gasteiger partial charge on any atom is -0.507 e. The number of Topliss-reactive ketones (excluding diaryl/α,β-unsaturated/α-hetero) is 1. The fourth-order valence-corrected chi connectivity index (χ4v) is 4.95. The van der Waals surface area contributed by atoms with E-state index in [2.05, 4.69) is 0 Å². The fourth-order valence-electron chi connectivity index (χ4n) is 3.90. The molecule has 3 heterocycles. The average molecular weight is 413 g/mol. The molecule has 2 aliphatic rings. The summed E-state index contributed by atoms with van der Waals surface area (Å²) in [6.45, 7) is 3.21. The number of thiophene rings is 1. The number of aliphatic hydroxyl groups is 1. The minimum atomic E-state index is -0.662. The summed E-state index contributed by atoms with van der Waals surface area (Å²) in [4.78, 5) is 28.1. The van der Waals surface area contributed by atoms with Gasteiger partial charge in [0.2, 0.25) is 0 Å². The number of aliphatic hydroxyl groups excluding tert-OH is 1. The lowest BCUT2D eigenvalue weighted by molar-refractivity contribution is -0.140. The standard InChI is InChI=1S/C22H23NO5S/c1-13-7-11-29-21(13)18-17(20(25)22(26)23(18)8-10-27-2)19(24)15-5-6-16-14(12-15)4-3-9-28-16/h5-7,11-12,18,24H,3-4,8-10H2,1-2H3/b19-17-. The molecular weight excluding hydrogens is 390 g/mol. The van der Waals surface area contributed by atoms with Crippen molar-refractivity contribution in [3.63, 3.8) is 0 Å². The van der Waals surface area contributed by atoms with E-state index in [1.165, 1.54) is 16.2 Å². The quantitative estimate of drug-likeness (QED) is 0.462. The van der Waals surface area contributed by atoms with Crippen LogP contribution >= 0.6 is 11.3 Å². The van der Waals surface area contributed by atoms with Crippen molar-refractivity contribution >= 4 is 28.8 Å². The van der Waals surface area contributed by atoms with Crippen LogP contribution in [-0.2, 0) is 20.7 Å². The first-order chi connectivity index (χ1) is 14.0.